The first kappa shape index (κ1) is 35.3. The highest BCUT2D eigenvalue weighted by molar-refractivity contribution is 5.67. The average molecular weight is 668 g/mol. The number of aliphatic hydroxyl groups excluding tert-OH is 2. The zero-order chi connectivity index (χ0) is 33.9. The first-order chi connectivity index (χ1) is 19.7. The fraction of sp³-hybridized carbons (Fsp3) is 0.500. The fourth-order valence-electron chi connectivity index (χ4n) is 4.02. The number of aliphatic hydroxyl groups is 2. The third-order valence-electron chi connectivity index (χ3n) is 6.57. The van der Waals surface area contributed by atoms with Gasteiger partial charge in [-0.1, -0.05) is 18.2 Å². The van der Waals surface area contributed by atoms with Crippen molar-refractivity contribution in [3.8, 4) is 11.1 Å². The van der Waals surface area contributed by atoms with Crippen LogP contribution in [0.3, 0.4) is 0 Å². The third-order valence-corrected chi connectivity index (χ3v) is 6.57. The number of nitrogens with zero attached hydrogens (tertiary/aromatic N) is 2. The van der Waals surface area contributed by atoms with E-state index in [9.17, 15) is 80.5 Å². The Morgan fingerprint density at radius 3 is 1.36 bits per heavy atom. The van der Waals surface area contributed by atoms with Crippen molar-refractivity contribution in [2.24, 2.45) is 10.2 Å². The SMILES string of the molecule is OCc1cc(CO)cc(-c2cc(CCC(F)(F)C(F)(F)C(F)(F)C(F)(F)C(F)(F)C(F)(F)F)cc(C3(C(F)(F)F)N=N3)c2)c1. The molecule has 2 aromatic rings. The second-order valence-corrected chi connectivity index (χ2v) is 9.64. The predicted molar refractivity (Wildman–Crippen MR) is 115 cm³/mol. The summed E-state index contributed by atoms with van der Waals surface area (Å²) in [4.78, 5) is 0. The van der Waals surface area contributed by atoms with Gasteiger partial charge in [0.05, 0.1) is 13.2 Å². The van der Waals surface area contributed by atoms with Gasteiger partial charge in [0.1, 0.15) is 0 Å². The highest BCUT2D eigenvalue weighted by atomic mass is 19.4. The highest BCUT2D eigenvalue weighted by Crippen LogP contribution is 2.61. The lowest BCUT2D eigenvalue weighted by molar-refractivity contribution is -0.440. The van der Waals surface area contributed by atoms with E-state index in [0.717, 1.165) is 24.3 Å². The molecule has 0 unspecified atom stereocenters. The molecule has 20 heteroatoms. The van der Waals surface area contributed by atoms with Crippen LogP contribution in [0, 0.1) is 0 Å². The summed E-state index contributed by atoms with van der Waals surface area (Å²) >= 11 is 0. The second-order valence-electron chi connectivity index (χ2n) is 9.64. The van der Waals surface area contributed by atoms with Crippen molar-refractivity contribution in [1.29, 1.82) is 0 Å². The molecule has 2 aromatic carbocycles. The van der Waals surface area contributed by atoms with Gasteiger partial charge in [0.15, 0.2) is 0 Å². The standard InChI is InChI=1S/C24H16F16N2O2/c25-17(26,19(27,28)20(29,30)21(31,32)22(33,34)24(38,39)40)2-1-11-4-15(14-5-12(9-43)3-13(6-14)10-44)8-16(7-11)18(41-42-18)23(35,36)37/h3-8,43-44H,1-2,9-10H2. The zero-order valence-corrected chi connectivity index (χ0v) is 21.1. The summed E-state index contributed by atoms with van der Waals surface area (Å²) in [6.45, 7) is -1.36. The van der Waals surface area contributed by atoms with E-state index in [1.54, 1.807) is 0 Å². The number of alkyl halides is 16. The van der Waals surface area contributed by atoms with Crippen LogP contribution < -0.4 is 0 Å². The topological polar surface area (TPSA) is 65.2 Å². The Balaban J connectivity index is 2.07. The maximum atomic E-state index is 14.4. The fourth-order valence-corrected chi connectivity index (χ4v) is 4.02. The molecule has 0 bridgehead atoms. The molecule has 2 N–H and O–H groups in total. The van der Waals surface area contributed by atoms with E-state index in [-0.39, 0.29) is 22.3 Å². The largest absolute Gasteiger partial charge is 0.460 e. The minimum Gasteiger partial charge on any atom is -0.392 e. The Kier molecular flexibility index (Phi) is 8.61. The van der Waals surface area contributed by atoms with Crippen LogP contribution in [0.25, 0.3) is 11.1 Å². The van der Waals surface area contributed by atoms with Crippen molar-refractivity contribution in [2.45, 2.75) is 73.7 Å². The lowest BCUT2D eigenvalue weighted by Gasteiger charge is -2.39. The van der Waals surface area contributed by atoms with Gasteiger partial charge in [-0.15, -0.1) is 10.2 Å². The zero-order valence-electron chi connectivity index (χ0n) is 21.1. The summed E-state index contributed by atoms with van der Waals surface area (Å²) < 4.78 is 216. The van der Waals surface area contributed by atoms with Gasteiger partial charge in [-0.2, -0.15) is 70.2 Å². The van der Waals surface area contributed by atoms with Crippen LogP contribution in [0.4, 0.5) is 70.2 Å². The highest BCUT2D eigenvalue weighted by Gasteiger charge is 2.90. The summed E-state index contributed by atoms with van der Waals surface area (Å²) in [6, 6.07) is 5.42. The lowest BCUT2D eigenvalue weighted by Crippen LogP contribution is -2.70. The maximum Gasteiger partial charge on any atom is 0.460 e. The van der Waals surface area contributed by atoms with Gasteiger partial charge in [0.25, 0.3) is 0 Å². The maximum absolute atomic E-state index is 14.4. The predicted octanol–water partition coefficient (Wildman–Crippen LogP) is 8.19. The molecule has 246 valence electrons. The summed E-state index contributed by atoms with van der Waals surface area (Å²) in [5, 5.41) is 24.6. The van der Waals surface area contributed by atoms with E-state index >= 15 is 0 Å². The van der Waals surface area contributed by atoms with E-state index < -0.39 is 84.8 Å². The second kappa shape index (κ2) is 10.7. The number of halogens is 16. The summed E-state index contributed by atoms with van der Waals surface area (Å²) in [5.74, 6) is -38.0. The molecular weight excluding hydrogens is 652 g/mol. The van der Waals surface area contributed by atoms with E-state index in [4.69, 9.17) is 0 Å². The van der Waals surface area contributed by atoms with Crippen LogP contribution in [0.2, 0.25) is 0 Å². The number of benzene rings is 2. The van der Waals surface area contributed by atoms with Gasteiger partial charge in [-0.05, 0) is 52.4 Å². The van der Waals surface area contributed by atoms with Gasteiger partial charge >= 0.3 is 47.6 Å². The Labute approximate surface area is 235 Å². The number of rotatable bonds is 11. The number of hydrogen-bond acceptors (Lipinski definition) is 4. The van der Waals surface area contributed by atoms with Crippen LogP contribution >= 0.6 is 0 Å². The van der Waals surface area contributed by atoms with Crippen LogP contribution in [0.1, 0.15) is 28.7 Å². The van der Waals surface area contributed by atoms with E-state index in [1.807, 2.05) is 0 Å². The lowest BCUT2D eigenvalue weighted by atomic mass is 9.89. The minimum absolute atomic E-state index is 0.0647. The van der Waals surface area contributed by atoms with Crippen molar-refractivity contribution in [1.82, 2.24) is 0 Å². The monoisotopic (exact) mass is 668 g/mol. The van der Waals surface area contributed by atoms with Gasteiger partial charge in [-0.25, -0.2) is 0 Å². The third kappa shape index (κ3) is 5.58. The van der Waals surface area contributed by atoms with Gasteiger partial charge < -0.3 is 10.2 Å². The summed E-state index contributed by atoms with van der Waals surface area (Å²) in [6.07, 6.45) is -17.2. The van der Waals surface area contributed by atoms with E-state index in [0.29, 0.717) is 6.07 Å². The molecule has 0 spiro atoms. The number of aryl methyl sites for hydroxylation is 1. The quantitative estimate of drug-likeness (QED) is 0.237. The molecule has 1 aliphatic heterocycles. The Bertz CT molecular complexity index is 1390. The van der Waals surface area contributed by atoms with Crippen LogP contribution in [-0.2, 0) is 25.3 Å². The molecule has 0 radical (unpaired) electrons. The first-order valence-corrected chi connectivity index (χ1v) is 11.7. The average Bonchev–Trinajstić information content (AvgIpc) is 3.73. The normalized spacial score (nSPS) is 16.4. The molecule has 0 atom stereocenters. The Morgan fingerprint density at radius 1 is 0.523 bits per heavy atom. The molecule has 0 aromatic heterocycles. The Morgan fingerprint density at radius 2 is 0.955 bits per heavy atom. The van der Waals surface area contributed by atoms with Crippen molar-refractivity contribution in [3.05, 3.63) is 58.7 Å². The van der Waals surface area contributed by atoms with Crippen molar-refractivity contribution in [2.75, 3.05) is 0 Å². The van der Waals surface area contributed by atoms with E-state index in [1.165, 1.54) is 6.07 Å². The van der Waals surface area contributed by atoms with Gasteiger partial charge in [0.2, 0.25) is 0 Å². The van der Waals surface area contributed by atoms with Gasteiger partial charge in [0, 0.05) is 12.0 Å². The van der Waals surface area contributed by atoms with Gasteiger partial charge in [-0.3, -0.25) is 0 Å². The summed E-state index contributed by atoms with van der Waals surface area (Å²) in [7, 11) is 0. The molecule has 1 heterocycles. The van der Waals surface area contributed by atoms with Crippen molar-refractivity contribution >= 4 is 0 Å². The molecule has 0 saturated heterocycles. The van der Waals surface area contributed by atoms with Crippen LogP contribution in [-0.4, -0.2) is 52.2 Å². The first-order valence-electron chi connectivity index (χ1n) is 11.7. The molecule has 0 amide bonds. The number of hydrogen-bond donors (Lipinski definition) is 2. The molecule has 4 nitrogen and oxygen atoms in total. The molecule has 44 heavy (non-hydrogen) atoms. The molecule has 0 fully saturated rings. The molecule has 1 aliphatic rings. The van der Waals surface area contributed by atoms with E-state index in [2.05, 4.69) is 10.2 Å². The smallest absolute Gasteiger partial charge is 0.392 e. The molecule has 0 saturated carbocycles. The van der Waals surface area contributed by atoms with Crippen LogP contribution in [0.15, 0.2) is 46.6 Å². The minimum atomic E-state index is -8.09. The molecule has 0 aliphatic carbocycles. The van der Waals surface area contributed by atoms with Crippen LogP contribution in [0.5, 0.6) is 0 Å². The van der Waals surface area contributed by atoms with Crippen molar-refractivity contribution < 1.29 is 80.5 Å². The summed E-state index contributed by atoms with van der Waals surface area (Å²) in [5.41, 5.74) is -5.36. The Hall–Kier alpha value is -3.16. The molecular formula is C24H16F16N2O2. The van der Waals surface area contributed by atoms with Crippen molar-refractivity contribution in [3.63, 3.8) is 0 Å². The molecule has 3 rings (SSSR count).